The molecule has 4 aromatic rings. The van der Waals surface area contributed by atoms with Gasteiger partial charge in [-0.25, -0.2) is 4.79 Å². The lowest BCUT2D eigenvalue weighted by atomic mass is 10.1. The fraction of sp³-hybridized carbons (Fsp3) is 0.231. The minimum absolute atomic E-state index is 0.0617. The molecule has 8 nitrogen and oxygen atoms in total. The maximum absolute atomic E-state index is 13.0. The minimum Gasteiger partial charge on any atom is -0.494 e. The third-order valence-corrected chi connectivity index (χ3v) is 5.87. The van der Waals surface area contributed by atoms with Gasteiger partial charge in [-0.2, -0.15) is 0 Å². The third-order valence-electron chi connectivity index (χ3n) is 5.87. The number of anilines is 1. The smallest absolute Gasteiger partial charge is 0.349 e. The second kappa shape index (κ2) is 9.35. The summed E-state index contributed by atoms with van der Waals surface area (Å²) in [5.74, 6) is 1.27. The van der Waals surface area contributed by atoms with Crippen LogP contribution in [0.2, 0.25) is 0 Å². The highest BCUT2D eigenvalue weighted by atomic mass is 16.5. The predicted octanol–water partition coefficient (Wildman–Crippen LogP) is 3.61. The van der Waals surface area contributed by atoms with Crippen LogP contribution in [0.25, 0.3) is 22.2 Å². The van der Waals surface area contributed by atoms with E-state index in [0.717, 1.165) is 28.2 Å². The summed E-state index contributed by atoms with van der Waals surface area (Å²) in [6.45, 7) is 4.74. The van der Waals surface area contributed by atoms with Crippen LogP contribution < -0.4 is 15.3 Å². The summed E-state index contributed by atoms with van der Waals surface area (Å²) in [6.07, 6.45) is 0. The summed E-state index contributed by atoms with van der Waals surface area (Å²) in [5, 5.41) is 9.49. The number of hydrogen-bond donors (Lipinski definition) is 0. The first-order chi connectivity index (χ1) is 16.6. The zero-order valence-electron chi connectivity index (χ0n) is 18.8. The molecule has 0 unspecified atom stereocenters. The Bertz CT molecular complexity index is 1360. The molecule has 0 spiro atoms. The number of nitrogens with zero attached hydrogens (tertiary/aromatic N) is 4. The molecular formula is C26H24N4O4. The molecule has 1 amide bonds. The van der Waals surface area contributed by atoms with Gasteiger partial charge in [0.1, 0.15) is 16.9 Å². The Balaban J connectivity index is 1.24. The molecule has 0 radical (unpaired) electrons. The zero-order chi connectivity index (χ0) is 23.5. The van der Waals surface area contributed by atoms with Crippen molar-refractivity contribution in [1.82, 2.24) is 15.1 Å². The van der Waals surface area contributed by atoms with Gasteiger partial charge in [-0.3, -0.25) is 4.79 Å². The summed E-state index contributed by atoms with van der Waals surface area (Å²) in [4.78, 5) is 29.1. The van der Waals surface area contributed by atoms with E-state index in [9.17, 15) is 9.59 Å². The second-order valence-corrected chi connectivity index (χ2v) is 8.00. The van der Waals surface area contributed by atoms with Crippen molar-refractivity contribution in [2.75, 3.05) is 37.7 Å². The van der Waals surface area contributed by atoms with Crippen LogP contribution in [0.5, 0.6) is 5.75 Å². The molecule has 1 aliphatic rings. The highest BCUT2D eigenvalue weighted by molar-refractivity contribution is 5.96. The van der Waals surface area contributed by atoms with Gasteiger partial charge in [-0.1, -0.05) is 18.2 Å². The maximum Gasteiger partial charge on any atom is 0.349 e. The molecule has 172 valence electrons. The fourth-order valence-electron chi connectivity index (χ4n) is 4.06. The van der Waals surface area contributed by atoms with E-state index in [-0.39, 0.29) is 11.5 Å². The lowest BCUT2D eigenvalue weighted by Gasteiger charge is -2.35. The number of hydrogen-bond acceptors (Lipinski definition) is 7. The van der Waals surface area contributed by atoms with Crippen molar-refractivity contribution in [3.63, 3.8) is 0 Å². The van der Waals surface area contributed by atoms with Crippen LogP contribution in [-0.2, 0) is 0 Å². The van der Waals surface area contributed by atoms with Crippen LogP contribution in [0.3, 0.4) is 0 Å². The van der Waals surface area contributed by atoms with Gasteiger partial charge in [0.2, 0.25) is 0 Å². The number of aromatic nitrogens is 2. The van der Waals surface area contributed by atoms with E-state index in [1.165, 1.54) is 0 Å². The number of benzene rings is 2. The van der Waals surface area contributed by atoms with Crippen molar-refractivity contribution in [2.24, 2.45) is 0 Å². The van der Waals surface area contributed by atoms with Crippen LogP contribution >= 0.6 is 0 Å². The molecule has 0 aliphatic carbocycles. The number of carbonyl (C=O) groups is 1. The number of piperazine rings is 1. The van der Waals surface area contributed by atoms with E-state index in [1.54, 1.807) is 23.1 Å². The van der Waals surface area contributed by atoms with E-state index in [4.69, 9.17) is 9.15 Å². The zero-order valence-corrected chi connectivity index (χ0v) is 18.8. The minimum atomic E-state index is -0.609. The van der Waals surface area contributed by atoms with E-state index in [1.807, 2.05) is 55.5 Å². The molecule has 2 aromatic carbocycles. The average Bonchev–Trinajstić information content (AvgIpc) is 2.89. The first kappa shape index (κ1) is 21.6. The first-order valence-corrected chi connectivity index (χ1v) is 11.3. The molecule has 2 aromatic heterocycles. The molecule has 5 rings (SSSR count). The van der Waals surface area contributed by atoms with Crippen LogP contribution in [0.1, 0.15) is 17.3 Å². The Hall–Kier alpha value is -4.20. The number of ether oxygens (including phenoxy) is 1. The van der Waals surface area contributed by atoms with Crippen LogP contribution in [0.4, 0.5) is 5.82 Å². The number of rotatable bonds is 5. The second-order valence-electron chi connectivity index (χ2n) is 8.00. The van der Waals surface area contributed by atoms with E-state index in [0.29, 0.717) is 38.4 Å². The number of amides is 1. The molecule has 34 heavy (non-hydrogen) atoms. The van der Waals surface area contributed by atoms with Gasteiger partial charge < -0.3 is 19.0 Å². The monoisotopic (exact) mass is 456 g/mol. The van der Waals surface area contributed by atoms with Crippen LogP contribution in [-0.4, -0.2) is 53.8 Å². The van der Waals surface area contributed by atoms with Crippen molar-refractivity contribution in [2.45, 2.75) is 6.92 Å². The Kier molecular flexibility index (Phi) is 5.95. The Morgan fingerprint density at radius 3 is 2.44 bits per heavy atom. The van der Waals surface area contributed by atoms with Crippen molar-refractivity contribution in [1.29, 1.82) is 0 Å². The van der Waals surface area contributed by atoms with Gasteiger partial charge in [0.05, 0.1) is 12.3 Å². The first-order valence-electron chi connectivity index (χ1n) is 11.3. The topological polar surface area (TPSA) is 88.8 Å². The van der Waals surface area contributed by atoms with Gasteiger partial charge in [0.25, 0.3) is 5.91 Å². The molecule has 0 bridgehead atoms. The largest absolute Gasteiger partial charge is 0.494 e. The van der Waals surface area contributed by atoms with Gasteiger partial charge in [0, 0.05) is 37.1 Å². The molecule has 3 heterocycles. The van der Waals surface area contributed by atoms with Gasteiger partial charge >= 0.3 is 5.63 Å². The van der Waals surface area contributed by atoms with Crippen molar-refractivity contribution >= 4 is 22.7 Å². The normalized spacial score (nSPS) is 13.8. The molecule has 1 saturated heterocycles. The highest BCUT2D eigenvalue weighted by Crippen LogP contribution is 2.22. The van der Waals surface area contributed by atoms with E-state index in [2.05, 4.69) is 15.1 Å². The van der Waals surface area contributed by atoms with Gasteiger partial charge in [-0.05, 0) is 55.5 Å². The number of fused-ring (bicyclic) bond motifs is 1. The number of carbonyl (C=O) groups excluding carboxylic acids is 1. The lowest BCUT2D eigenvalue weighted by Crippen LogP contribution is -2.49. The Morgan fingerprint density at radius 1 is 0.971 bits per heavy atom. The molecule has 1 fully saturated rings. The molecule has 0 saturated carbocycles. The lowest BCUT2D eigenvalue weighted by molar-refractivity contribution is 0.0742. The molecule has 0 atom stereocenters. The molecule has 8 heteroatoms. The van der Waals surface area contributed by atoms with Crippen LogP contribution in [0.15, 0.2) is 75.9 Å². The van der Waals surface area contributed by atoms with Crippen molar-refractivity contribution in [3.8, 4) is 17.0 Å². The van der Waals surface area contributed by atoms with Crippen molar-refractivity contribution < 1.29 is 13.9 Å². The van der Waals surface area contributed by atoms with Crippen LogP contribution in [0, 0.1) is 0 Å². The standard InChI is InChI=1S/C26H24N4O4/c1-2-33-20-9-7-18(8-10-20)22-11-12-24(28-27-22)29-13-15-30(16-14-29)25(31)21-17-19-5-3-4-6-23(19)34-26(21)32/h3-12,17H,2,13-16H2,1H3. The fourth-order valence-corrected chi connectivity index (χ4v) is 4.06. The van der Waals surface area contributed by atoms with Gasteiger partial charge in [-0.15, -0.1) is 10.2 Å². The summed E-state index contributed by atoms with van der Waals surface area (Å²) in [7, 11) is 0. The highest BCUT2D eigenvalue weighted by Gasteiger charge is 2.25. The molecular weight excluding hydrogens is 432 g/mol. The summed E-state index contributed by atoms with van der Waals surface area (Å²) in [5.41, 5.74) is 1.67. The van der Waals surface area contributed by atoms with E-state index < -0.39 is 5.63 Å². The Morgan fingerprint density at radius 2 is 1.74 bits per heavy atom. The quantitative estimate of drug-likeness (QED) is 0.424. The maximum atomic E-state index is 13.0. The predicted molar refractivity (Wildman–Crippen MR) is 129 cm³/mol. The average molecular weight is 457 g/mol. The SMILES string of the molecule is CCOc1ccc(-c2ccc(N3CCN(C(=O)c4cc5ccccc5oc4=O)CC3)nn2)cc1. The summed E-state index contributed by atoms with van der Waals surface area (Å²) >= 11 is 0. The number of para-hydroxylation sites is 1. The summed E-state index contributed by atoms with van der Waals surface area (Å²) in [6, 6.07) is 20.4. The third kappa shape index (κ3) is 4.34. The molecule has 1 aliphatic heterocycles. The van der Waals surface area contributed by atoms with Gasteiger partial charge in [0.15, 0.2) is 5.82 Å². The van der Waals surface area contributed by atoms with Crippen molar-refractivity contribution in [3.05, 3.63) is 82.7 Å². The Labute approximate surface area is 196 Å². The van der Waals surface area contributed by atoms with E-state index >= 15 is 0 Å². The molecule has 0 N–H and O–H groups in total. The summed E-state index contributed by atoms with van der Waals surface area (Å²) < 4.78 is 10.8.